The molecule has 1 aromatic heterocycles. The van der Waals surface area contributed by atoms with Crippen LogP contribution in [0.5, 0.6) is 0 Å². The van der Waals surface area contributed by atoms with Crippen LogP contribution in [-0.2, 0) is 6.54 Å². The van der Waals surface area contributed by atoms with E-state index in [1.807, 2.05) is 12.3 Å². The minimum absolute atomic E-state index is 0.319. The molecule has 0 aliphatic heterocycles. The van der Waals surface area contributed by atoms with E-state index < -0.39 is 0 Å². The monoisotopic (exact) mass is 291 g/mol. The van der Waals surface area contributed by atoms with Crippen LogP contribution in [0.1, 0.15) is 46.7 Å². The summed E-state index contributed by atoms with van der Waals surface area (Å²) in [6, 6.07) is 6.16. The molecule has 1 unspecified atom stereocenters. The lowest BCUT2D eigenvalue weighted by atomic mass is 9.86. The van der Waals surface area contributed by atoms with Crippen molar-refractivity contribution in [1.82, 2.24) is 15.2 Å². The number of hydrogen-bond acceptors (Lipinski definition) is 3. The molecule has 0 amide bonds. The van der Waals surface area contributed by atoms with Gasteiger partial charge in [-0.05, 0) is 43.0 Å². The second-order valence-electron chi connectivity index (χ2n) is 6.81. The van der Waals surface area contributed by atoms with E-state index in [1.54, 1.807) is 0 Å². The summed E-state index contributed by atoms with van der Waals surface area (Å²) >= 11 is 0. The van der Waals surface area contributed by atoms with Gasteiger partial charge in [0.1, 0.15) is 0 Å². The van der Waals surface area contributed by atoms with Crippen molar-refractivity contribution in [3.05, 3.63) is 30.1 Å². The summed E-state index contributed by atoms with van der Waals surface area (Å²) in [5.41, 5.74) is 1.48. The van der Waals surface area contributed by atoms with Crippen molar-refractivity contribution < 1.29 is 0 Å². The number of nitrogens with zero attached hydrogens (tertiary/aromatic N) is 2. The molecule has 0 aliphatic carbocycles. The van der Waals surface area contributed by atoms with Gasteiger partial charge in [0.15, 0.2) is 0 Å². The highest BCUT2D eigenvalue weighted by Crippen LogP contribution is 2.22. The number of nitrogens with one attached hydrogen (secondary N) is 1. The predicted octanol–water partition coefficient (Wildman–Crippen LogP) is 3.57. The van der Waals surface area contributed by atoms with Gasteiger partial charge in [-0.3, -0.25) is 9.88 Å². The Labute approximate surface area is 131 Å². The normalized spacial score (nSPS) is 14.6. The first kappa shape index (κ1) is 18.1. The van der Waals surface area contributed by atoms with Crippen molar-refractivity contribution >= 4 is 0 Å². The topological polar surface area (TPSA) is 28.2 Å². The Bertz CT molecular complexity index is 377. The van der Waals surface area contributed by atoms with Gasteiger partial charge >= 0.3 is 0 Å². The first-order chi connectivity index (χ1) is 9.99. The van der Waals surface area contributed by atoms with Crippen LogP contribution in [0, 0.1) is 11.3 Å². The van der Waals surface area contributed by atoms with E-state index in [0.717, 1.165) is 38.4 Å². The second-order valence-corrected chi connectivity index (χ2v) is 6.81. The van der Waals surface area contributed by atoms with Gasteiger partial charge < -0.3 is 5.32 Å². The standard InChI is InChI=1S/C18H33N3/c1-6-18(5,14-19-12-16(3)4)15-21(7-2)13-17-10-8-9-11-20-17/h8-11,16,19H,6-7,12-15H2,1-5H3. The maximum absolute atomic E-state index is 4.45. The van der Waals surface area contributed by atoms with Gasteiger partial charge in [-0.15, -0.1) is 0 Å². The fraction of sp³-hybridized carbons (Fsp3) is 0.722. The average molecular weight is 291 g/mol. The minimum Gasteiger partial charge on any atom is -0.316 e. The molecule has 0 bridgehead atoms. The molecule has 1 atom stereocenters. The van der Waals surface area contributed by atoms with Crippen LogP contribution in [0.3, 0.4) is 0 Å². The van der Waals surface area contributed by atoms with Gasteiger partial charge in [0, 0.05) is 25.8 Å². The van der Waals surface area contributed by atoms with E-state index >= 15 is 0 Å². The quantitative estimate of drug-likeness (QED) is 0.714. The molecular weight excluding hydrogens is 258 g/mol. The Morgan fingerprint density at radius 3 is 2.57 bits per heavy atom. The first-order valence-electron chi connectivity index (χ1n) is 8.32. The Kier molecular flexibility index (Phi) is 7.91. The average Bonchev–Trinajstić information content (AvgIpc) is 2.47. The van der Waals surface area contributed by atoms with Crippen LogP contribution in [-0.4, -0.2) is 36.1 Å². The van der Waals surface area contributed by atoms with E-state index in [9.17, 15) is 0 Å². The molecular formula is C18H33N3. The van der Waals surface area contributed by atoms with Crippen molar-refractivity contribution in [3.8, 4) is 0 Å². The van der Waals surface area contributed by atoms with Gasteiger partial charge in [0.05, 0.1) is 5.69 Å². The largest absolute Gasteiger partial charge is 0.316 e. The Hall–Kier alpha value is -0.930. The fourth-order valence-corrected chi connectivity index (χ4v) is 2.50. The van der Waals surface area contributed by atoms with Crippen molar-refractivity contribution in [2.75, 3.05) is 26.2 Å². The van der Waals surface area contributed by atoms with Crippen molar-refractivity contribution in [3.63, 3.8) is 0 Å². The molecule has 21 heavy (non-hydrogen) atoms. The van der Waals surface area contributed by atoms with Crippen LogP contribution in [0.15, 0.2) is 24.4 Å². The molecule has 0 saturated heterocycles. The predicted molar refractivity (Wildman–Crippen MR) is 91.3 cm³/mol. The van der Waals surface area contributed by atoms with Crippen LogP contribution >= 0.6 is 0 Å². The highest BCUT2D eigenvalue weighted by molar-refractivity contribution is 5.03. The van der Waals surface area contributed by atoms with E-state index in [2.05, 4.69) is 62.0 Å². The number of aromatic nitrogens is 1. The summed E-state index contributed by atoms with van der Waals surface area (Å²) < 4.78 is 0. The van der Waals surface area contributed by atoms with Crippen LogP contribution < -0.4 is 5.32 Å². The highest BCUT2D eigenvalue weighted by atomic mass is 15.1. The van der Waals surface area contributed by atoms with Gasteiger partial charge in [0.2, 0.25) is 0 Å². The zero-order chi connectivity index (χ0) is 15.7. The Balaban J connectivity index is 2.55. The molecule has 0 aromatic carbocycles. The molecule has 0 fully saturated rings. The van der Waals surface area contributed by atoms with Gasteiger partial charge in [-0.2, -0.15) is 0 Å². The number of rotatable bonds is 10. The Morgan fingerprint density at radius 1 is 1.29 bits per heavy atom. The van der Waals surface area contributed by atoms with E-state index in [1.165, 1.54) is 6.42 Å². The summed E-state index contributed by atoms with van der Waals surface area (Å²) in [4.78, 5) is 6.95. The first-order valence-corrected chi connectivity index (χ1v) is 8.32. The van der Waals surface area contributed by atoms with Crippen molar-refractivity contribution in [2.24, 2.45) is 11.3 Å². The Morgan fingerprint density at radius 2 is 2.05 bits per heavy atom. The zero-order valence-electron chi connectivity index (χ0n) is 14.5. The van der Waals surface area contributed by atoms with Crippen molar-refractivity contribution in [1.29, 1.82) is 0 Å². The maximum atomic E-state index is 4.45. The minimum atomic E-state index is 0.319. The molecule has 0 saturated carbocycles. The molecule has 0 spiro atoms. The van der Waals surface area contributed by atoms with Crippen LogP contribution in [0.4, 0.5) is 0 Å². The third-order valence-corrected chi connectivity index (χ3v) is 4.12. The molecule has 1 heterocycles. The SMILES string of the molecule is CCN(Cc1ccccn1)CC(C)(CC)CNCC(C)C. The van der Waals surface area contributed by atoms with Gasteiger partial charge in [-0.25, -0.2) is 0 Å². The molecule has 1 rings (SSSR count). The molecule has 0 aliphatic rings. The summed E-state index contributed by atoms with van der Waals surface area (Å²) in [5, 5.41) is 3.63. The van der Waals surface area contributed by atoms with Gasteiger partial charge in [0.25, 0.3) is 0 Å². The molecule has 1 N–H and O–H groups in total. The lowest BCUT2D eigenvalue weighted by Gasteiger charge is -2.35. The molecule has 1 aromatic rings. The van der Waals surface area contributed by atoms with Crippen molar-refractivity contribution in [2.45, 2.75) is 47.6 Å². The maximum Gasteiger partial charge on any atom is 0.0543 e. The van der Waals surface area contributed by atoms with E-state index in [0.29, 0.717) is 11.3 Å². The van der Waals surface area contributed by atoms with Gasteiger partial charge in [-0.1, -0.05) is 40.7 Å². The molecule has 3 heteroatoms. The van der Waals surface area contributed by atoms with E-state index in [-0.39, 0.29) is 0 Å². The third-order valence-electron chi connectivity index (χ3n) is 4.12. The van der Waals surface area contributed by atoms with E-state index in [4.69, 9.17) is 0 Å². The molecule has 120 valence electrons. The smallest absolute Gasteiger partial charge is 0.0543 e. The lowest BCUT2D eigenvalue weighted by Crippen LogP contribution is -2.42. The molecule has 3 nitrogen and oxygen atoms in total. The molecule has 0 radical (unpaired) electrons. The highest BCUT2D eigenvalue weighted by Gasteiger charge is 2.24. The summed E-state index contributed by atoms with van der Waals surface area (Å²) in [6.07, 6.45) is 3.07. The lowest BCUT2D eigenvalue weighted by molar-refractivity contribution is 0.152. The third kappa shape index (κ3) is 7.05. The zero-order valence-corrected chi connectivity index (χ0v) is 14.5. The number of pyridine rings is 1. The van der Waals surface area contributed by atoms with Crippen LogP contribution in [0.25, 0.3) is 0 Å². The number of hydrogen-bond donors (Lipinski definition) is 1. The summed E-state index contributed by atoms with van der Waals surface area (Å²) in [6.45, 7) is 16.7. The fourth-order valence-electron chi connectivity index (χ4n) is 2.50. The second kappa shape index (κ2) is 9.16. The summed E-state index contributed by atoms with van der Waals surface area (Å²) in [7, 11) is 0. The summed E-state index contributed by atoms with van der Waals surface area (Å²) in [5.74, 6) is 0.710. The van der Waals surface area contributed by atoms with Crippen LogP contribution in [0.2, 0.25) is 0 Å².